The monoisotopic (exact) mass is 285 g/mol. The summed E-state index contributed by atoms with van der Waals surface area (Å²) in [6.07, 6.45) is 11.7. The Hall–Kier alpha value is -0.820. The fourth-order valence-corrected chi connectivity index (χ4v) is 4.72. The molecule has 0 aromatic heterocycles. The van der Waals surface area contributed by atoms with Crippen LogP contribution in [0.5, 0.6) is 0 Å². The Morgan fingerprint density at radius 1 is 0.952 bits per heavy atom. The summed E-state index contributed by atoms with van der Waals surface area (Å²) in [5.74, 6) is 0.715. The van der Waals surface area contributed by atoms with Gasteiger partial charge in [0.1, 0.15) is 0 Å². The maximum Gasteiger partial charge on any atom is 0.0412 e. The van der Waals surface area contributed by atoms with E-state index < -0.39 is 0 Å². The van der Waals surface area contributed by atoms with Crippen molar-refractivity contribution in [3.63, 3.8) is 0 Å². The minimum absolute atomic E-state index is 0.0591. The Labute approximate surface area is 130 Å². The van der Waals surface area contributed by atoms with Gasteiger partial charge in [-0.1, -0.05) is 63.8 Å². The average molecular weight is 285 g/mol. The molecule has 1 heteroatoms. The Morgan fingerprint density at radius 3 is 2.38 bits per heavy atom. The molecule has 0 aliphatic heterocycles. The highest BCUT2D eigenvalue weighted by Crippen LogP contribution is 2.46. The van der Waals surface area contributed by atoms with E-state index in [1.54, 1.807) is 5.56 Å². The van der Waals surface area contributed by atoms with Crippen LogP contribution in [-0.4, -0.2) is 0 Å². The minimum Gasteiger partial charge on any atom is -0.321 e. The van der Waals surface area contributed by atoms with Gasteiger partial charge in [-0.2, -0.15) is 0 Å². The maximum absolute atomic E-state index is 6.86. The van der Waals surface area contributed by atoms with Gasteiger partial charge in [-0.25, -0.2) is 0 Å². The average Bonchev–Trinajstić information content (AvgIpc) is 2.47. The molecule has 0 bridgehead atoms. The molecule has 2 fully saturated rings. The molecule has 0 amide bonds. The lowest BCUT2D eigenvalue weighted by molar-refractivity contribution is 0.216. The number of nitrogens with two attached hydrogens (primary N) is 1. The molecule has 0 radical (unpaired) electrons. The largest absolute Gasteiger partial charge is 0.321 e. The van der Waals surface area contributed by atoms with Crippen LogP contribution in [0.3, 0.4) is 0 Å². The molecular formula is C20H31N. The lowest BCUT2D eigenvalue weighted by Gasteiger charge is -2.40. The van der Waals surface area contributed by atoms with E-state index in [-0.39, 0.29) is 5.54 Å². The molecule has 2 saturated carbocycles. The van der Waals surface area contributed by atoms with Crippen LogP contribution >= 0.6 is 0 Å². The van der Waals surface area contributed by atoms with Gasteiger partial charge in [-0.05, 0) is 54.6 Å². The number of benzene rings is 1. The van der Waals surface area contributed by atoms with Gasteiger partial charge in [0.05, 0.1) is 0 Å². The molecular weight excluding hydrogens is 254 g/mol. The van der Waals surface area contributed by atoms with Crippen LogP contribution in [0.25, 0.3) is 0 Å². The summed E-state index contributed by atoms with van der Waals surface area (Å²) >= 11 is 0. The fourth-order valence-electron chi connectivity index (χ4n) is 4.72. The molecule has 1 aromatic carbocycles. The highest BCUT2D eigenvalue weighted by Gasteiger charge is 2.35. The molecule has 2 aliphatic carbocycles. The first-order valence-corrected chi connectivity index (χ1v) is 8.89. The van der Waals surface area contributed by atoms with Gasteiger partial charge >= 0.3 is 0 Å². The predicted octanol–water partition coefficient (Wildman–Crippen LogP) is 5.49. The highest BCUT2D eigenvalue weighted by atomic mass is 14.7. The van der Waals surface area contributed by atoms with E-state index in [0.717, 1.165) is 0 Å². The lowest BCUT2D eigenvalue weighted by atomic mass is 9.67. The van der Waals surface area contributed by atoms with Crippen molar-refractivity contribution in [2.45, 2.75) is 83.1 Å². The lowest BCUT2D eigenvalue weighted by Crippen LogP contribution is -2.40. The molecule has 1 aromatic rings. The first kappa shape index (κ1) is 15.1. The normalized spacial score (nSPS) is 28.2. The molecule has 0 spiro atoms. The third kappa shape index (κ3) is 3.18. The maximum atomic E-state index is 6.86. The third-order valence-electron chi connectivity index (χ3n) is 5.89. The van der Waals surface area contributed by atoms with Crippen LogP contribution in [0.15, 0.2) is 24.3 Å². The molecule has 116 valence electrons. The highest BCUT2D eigenvalue weighted by molar-refractivity contribution is 5.37. The molecule has 1 nitrogen and oxygen atoms in total. The van der Waals surface area contributed by atoms with Crippen molar-refractivity contribution < 1.29 is 0 Å². The standard InChI is InChI=1S/C20H31N/c1-19(2)12-8-9-16(15-19)17-10-4-5-11-18(17)20(21)13-6-3-7-14-20/h4-5,10-11,16H,3,6-9,12-15,21H2,1-2H3. The zero-order valence-electron chi connectivity index (χ0n) is 13.8. The van der Waals surface area contributed by atoms with Crippen molar-refractivity contribution in [2.24, 2.45) is 11.1 Å². The zero-order valence-corrected chi connectivity index (χ0v) is 13.8. The second kappa shape index (κ2) is 5.76. The second-order valence-corrected chi connectivity index (χ2v) is 8.26. The molecule has 2 N–H and O–H groups in total. The topological polar surface area (TPSA) is 26.0 Å². The van der Waals surface area contributed by atoms with E-state index >= 15 is 0 Å². The Bertz CT molecular complexity index is 482. The molecule has 1 unspecified atom stereocenters. The minimum atomic E-state index is -0.0591. The molecule has 0 saturated heterocycles. The van der Waals surface area contributed by atoms with Crippen molar-refractivity contribution in [3.8, 4) is 0 Å². The number of hydrogen-bond acceptors (Lipinski definition) is 1. The predicted molar refractivity (Wildman–Crippen MR) is 90.4 cm³/mol. The number of rotatable bonds is 2. The molecule has 2 aliphatic rings. The first-order valence-electron chi connectivity index (χ1n) is 8.89. The fraction of sp³-hybridized carbons (Fsp3) is 0.700. The van der Waals surface area contributed by atoms with Crippen LogP contribution in [0.2, 0.25) is 0 Å². The van der Waals surface area contributed by atoms with Crippen molar-refractivity contribution in [3.05, 3.63) is 35.4 Å². The first-order chi connectivity index (χ1) is 10.0. The SMILES string of the molecule is CC1(C)CCCC(c2ccccc2C2(N)CCCCC2)C1. The smallest absolute Gasteiger partial charge is 0.0412 e. The summed E-state index contributed by atoms with van der Waals surface area (Å²) in [7, 11) is 0. The second-order valence-electron chi connectivity index (χ2n) is 8.26. The van der Waals surface area contributed by atoms with Gasteiger partial charge < -0.3 is 5.73 Å². The van der Waals surface area contributed by atoms with E-state index in [0.29, 0.717) is 11.3 Å². The van der Waals surface area contributed by atoms with E-state index in [1.807, 2.05) is 0 Å². The van der Waals surface area contributed by atoms with Crippen molar-refractivity contribution in [1.29, 1.82) is 0 Å². The van der Waals surface area contributed by atoms with Crippen LogP contribution < -0.4 is 5.73 Å². The van der Waals surface area contributed by atoms with Gasteiger partial charge in [-0.3, -0.25) is 0 Å². The van der Waals surface area contributed by atoms with Crippen LogP contribution in [0, 0.1) is 5.41 Å². The van der Waals surface area contributed by atoms with E-state index in [9.17, 15) is 0 Å². The van der Waals surface area contributed by atoms with Gasteiger partial charge in [0.2, 0.25) is 0 Å². The Kier molecular flexibility index (Phi) is 4.14. The molecule has 3 rings (SSSR count). The van der Waals surface area contributed by atoms with Crippen LogP contribution in [0.1, 0.15) is 88.7 Å². The molecule has 21 heavy (non-hydrogen) atoms. The van der Waals surface area contributed by atoms with E-state index in [2.05, 4.69) is 38.1 Å². The molecule has 0 heterocycles. The van der Waals surface area contributed by atoms with Crippen LogP contribution in [0.4, 0.5) is 0 Å². The van der Waals surface area contributed by atoms with Gasteiger partial charge in [-0.15, -0.1) is 0 Å². The van der Waals surface area contributed by atoms with E-state index in [1.165, 1.54) is 63.4 Å². The van der Waals surface area contributed by atoms with E-state index in [4.69, 9.17) is 5.73 Å². The van der Waals surface area contributed by atoms with Gasteiger partial charge in [0, 0.05) is 5.54 Å². The Morgan fingerprint density at radius 2 is 1.67 bits per heavy atom. The number of hydrogen-bond donors (Lipinski definition) is 1. The Balaban J connectivity index is 1.92. The van der Waals surface area contributed by atoms with Crippen molar-refractivity contribution >= 4 is 0 Å². The summed E-state index contributed by atoms with van der Waals surface area (Å²) in [6, 6.07) is 9.09. The quantitative estimate of drug-likeness (QED) is 0.764. The summed E-state index contributed by atoms with van der Waals surface area (Å²) in [5, 5.41) is 0. The van der Waals surface area contributed by atoms with Crippen molar-refractivity contribution in [2.75, 3.05) is 0 Å². The van der Waals surface area contributed by atoms with Crippen LogP contribution in [-0.2, 0) is 5.54 Å². The summed E-state index contributed by atoms with van der Waals surface area (Å²) in [5.41, 5.74) is 10.3. The van der Waals surface area contributed by atoms with Gasteiger partial charge in [0.15, 0.2) is 0 Å². The summed E-state index contributed by atoms with van der Waals surface area (Å²) < 4.78 is 0. The van der Waals surface area contributed by atoms with Gasteiger partial charge in [0.25, 0.3) is 0 Å². The molecule has 1 atom stereocenters. The zero-order chi connectivity index (χ0) is 14.9. The third-order valence-corrected chi connectivity index (χ3v) is 5.89. The summed E-state index contributed by atoms with van der Waals surface area (Å²) in [6.45, 7) is 4.86. The summed E-state index contributed by atoms with van der Waals surface area (Å²) in [4.78, 5) is 0. The van der Waals surface area contributed by atoms with Crippen molar-refractivity contribution in [1.82, 2.24) is 0 Å².